The number of nitrogens with zero attached hydrogens (tertiary/aromatic N) is 1. The van der Waals surface area contributed by atoms with Gasteiger partial charge in [-0.1, -0.05) is 29.8 Å². The first kappa shape index (κ1) is 15.2. The summed E-state index contributed by atoms with van der Waals surface area (Å²) in [6, 6.07) is 14.1. The van der Waals surface area contributed by atoms with Crippen molar-refractivity contribution in [2.75, 3.05) is 13.7 Å². The van der Waals surface area contributed by atoms with E-state index in [-0.39, 0.29) is 5.75 Å². The van der Waals surface area contributed by atoms with Crippen LogP contribution in [-0.4, -0.2) is 23.7 Å². The van der Waals surface area contributed by atoms with E-state index in [9.17, 15) is 5.11 Å². The Bertz CT molecular complexity index is 642. The first-order valence-corrected chi connectivity index (χ1v) is 7.90. The standard InChI is InChI=1S/C18H20ClNO2/c1-22-18-11-13(4-9-17(18)21)12-20-10-2-3-16(20)14-5-7-15(19)8-6-14/h4-9,11,16,21H,2-3,10,12H2,1H3. The Kier molecular flexibility index (Phi) is 4.55. The SMILES string of the molecule is COc1cc(CN2CCCC2c2ccc(Cl)cc2)ccc1O. The second-order valence-electron chi connectivity index (χ2n) is 5.69. The Morgan fingerprint density at radius 1 is 1.23 bits per heavy atom. The molecule has 0 amide bonds. The monoisotopic (exact) mass is 317 g/mol. The van der Waals surface area contributed by atoms with Crippen LogP contribution in [0, 0.1) is 0 Å². The molecular formula is C18H20ClNO2. The molecule has 22 heavy (non-hydrogen) atoms. The van der Waals surface area contributed by atoms with Gasteiger partial charge in [-0.2, -0.15) is 0 Å². The number of aromatic hydroxyl groups is 1. The summed E-state index contributed by atoms with van der Waals surface area (Å²) in [5, 5.41) is 10.5. The highest BCUT2D eigenvalue weighted by Gasteiger charge is 2.26. The van der Waals surface area contributed by atoms with Gasteiger partial charge in [0, 0.05) is 17.6 Å². The van der Waals surface area contributed by atoms with Crippen molar-refractivity contribution in [3.05, 3.63) is 58.6 Å². The fourth-order valence-electron chi connectivity index (χ4n) is 3.13. The van der Waals surface area contributed by atoms with Gasteiger partial charge in [-0.3, -0.25) is 4.90 Å². The molecule has 1 aliphatic heterocycles. The van der Waals surface area contributed by atoms with Crippen LogP contribution in [0.4, 0.5) is 0 Å². The first-order valence-electron chi connectivity index (χ1n) is 7.53. The second kappa shape index (κ2) is 6.59. The van der Waals surface area contributed by atoms with E-state index in [4.69, 9.17) is 16.3 Å². The maximum absolute atomic E-state index is 9.70. The quantitative estimate of drug-likeness (QED) is 0.907. The molecule has 1 saturated heterocycles. The minimum atomic E-state index is 0.182. The number of benzene rings is 2. The summed E-state index contributed by atoms with van der Waals surface area (Å²) >= 11 is 5.98. The lowest BCUT2D eigenvalue weighted by Gasteiger charge is -2.25. The summed E-state index contributed by atoms with van der Waals surface area (Å²) in [6.45, 7) is 1.93. The van der Waals surface area contributed by atoms with Crippen LogP contribution in [0.15, 0.2) is 42.5 Å². The molecule has 1 unspecified atom stereocenters. The average Bonchev–Trinajstić information content (AvgIpc) is 2.98. The van der Waals surface area contributed by atoms with Crippen molar-refractivity contribution in [2.24, 2.45) is 0 Å². The maximum Gasteiger partial charge on any atom is 0.160 e. The number of ether oxygens (including phenoxy) is 1. The van der Waals surface area contributed by atoms with E-state index >= 15 is 0 Å². The zero-order chi connectivity index (χ0) is 15.5. The van der Waals surface area contributed by atoms with Gasteiger partial charge in [-0.05, 0) is 54.8 Å². The molecule has 1 aliphatic rings. The lowest BCUT2D eigenvalue weighted by Crippen LogP contribution is -2.22. The Morgan fingerprint density at radius 3 is 2.73 bits per heavy atom. The van der Waals surface area contributed by atoms with Gasteiger partial charge in [0.05, 0.1) is 7.11 Å². The fourth-order valence-corrected chi connectivity index (χ4v) is 3.26. The van der Waals surface area contributed by atoms with Gasteiger partial charge in [-0.25, -0.2) is 0 Å². The topological polar surface area (TPSA) is 32.7 Å². The molecule has 1 atom stereocenters. The second-order valence-corrected chi connectivity index (χ2v) is 6.12. The van der Waals surface area contributed by atoms with Crippen LogP contribution in [0.25, 0.3) is 0 Å². The van der Waals surface area contributed by atoms with Gasteiger partial charge >= 0.3 is 0 Å². The summed E-state index contributed by atoms with van der Waals surface area (Å²) in [5.74, 6) is 0.710. The zero-order valence-corrected chi connectivity index (χ0v) is 13.4. The molecule has 116 valence electrons. The number of phenolic OH excluding ortho intramolecular Hbond substituents is 1. The Labute approximate surface area is 136 Å². The van der Waals surface area contributed by atoms with Crippen molar-refractivity contribution < 1.29 is 9.84 Å². The highest BCUT2D eigenvalue weighted by atomic mass is 35.5. The minimum absolute atomic E-state index is 0.182. The summed E-state index contributed by atoms with van der Waals surface area (Å²) in [6.07, 6.45) is 2.36. The van der Waals surface area contributed by atoms with Crippen molar-refractivity contribution >= 4 is 11.6 Å². The largest absolute Gasteiger partial charge is 0.504 e. The van der Waals surface area contributed by atoms with Crippen molar-refractivity contribution in [1.82, 2.24) is 4.90 Å². The van der Waals surface area contributed by atoms with E-state index in [1.165, 1.54) is 12.0 Å². The smallest absolute Gasteiger partial charge is 0.160 e. The van der Waals surface area contributed by atoms with Crippen LogP contribution < -0.4 is 4.74 Å². The first-order chi connectivity index (χ1) is 10.7. The minimum Gasteiger partial charge on any atom is -0.504 e. The average molecular weight is 318 g/mol. The summed E-state index contributed by atoms with van der Waals surface area (Å²) in [7, 11) is 1.57. The van der Waals surface area contributed by atoms with Crippen LogP contribution in [0.2, 0.25) is 5.02 Å². The van der Waals surface area contributed by atoms with Crippen LogP contribution in [0.5, 0.6) is 11.5 Å². The van der Waals surface area contributed by atoms with E-state index < -0.39 is 0 Å². The molecule has 3 rings (SSSR count). The predicted molar refractivity (Wildman–Crippen MR) is 88.5 cm³/mol. The molecule has 2 aromatic rings. The number of likely N-dealkylation sites (tertiary alicyclic amines) is 1. The molecule has 3 nitrogen and oxygen atoms in total. The van der Waals surface area contributed by atoms with Crippen LogP contribution >= 0.6 is 11.6 Å². The molecule has 1 N–H and O–H groups in total. The molecule has 0 saturated carbocycles. The molecule has 0 spiro atoms. The van der Waals surface area contributed by atoms with Gasteiger partial charge in [-0.15, -0.1) is 0 Å². The summed E-state index contributed by atoms with van der Waals surface area (Å²) in [5.41, 5.74) is 2.46. The predicted octanol–water partition coefficient (Wildman–Crippen LogP) is 4.39. The normalized spacial score (nSPS) is 18.5. The van der Waals surface area contributed by atoms with Crippen LogP contribution in [-0.2, 0) is 6.54 Å². The van der Waals surface area contributed by atoms with Crippen molar-refractivity contribution in [3.63, 3.8) is 0 Å². The van der Waals surface area contributed by atoms with Crippen LogP contribution in [0.1, 0.15) is 30.0 Å². The Morgan fingerprint density at radius 2 is 2.00 bits per heavy atom. The molecule has 1 fully saturated rings. The van der Waals surface area contributed by atoms with Crippen molar-refractivity contribution in [3.8, 4) is 11.5 Å². The van der Waals surface area contributed by atoms with Crippen molar-refractivity contribution in [2.45, 2.75) is 25.4 Å². The summed E-state index contributed by atoms with van der Waals surface area (Å²) < 4.78 is 5.19. The third kappa shape index (κ3) is 3.21. The van der Waals surface area contributed by atoms with E-state index in [1.807, 2.05) is 24.3 Å². The number of hydrogen-bond acceptors (Lipinski definition) is 3. The third-order valence-corrected chi connectivity index (χ3v) is 4.50. The number of phenols is 1. The number of rotatable bonds is 4. The van der Waals surface area contributed by atoms with Crippen molar-refractivity contribution in [1.29, 1.82) is 0 Å². The highest BCUT2D eigenvalue weighted by molar-refractivity contribution is 6.30. The highest BCUT2D eigenvalue weighted by Crippen LogP contribution is 2.35. The summed E-state index contributed by atoms with van der Waals surface area (Å²) in [4.78, 5) is 2.47. The van der Waals surface area contributed by atoms with E-state index in [2.05, 4.69) is 17.0 Å². The number of hydrogen-bond donors (Lipinski definition) is 1. The van der Waals surface area contributed by atoms with E-state index in [1.54, 1.807) is 13.2 Å². The van der Waals surface area contributed by atoms with Gasteiger partial charge < -0.3 is 9.84 Å². The molecule has 4 heteroatoms. The molecular weight excluding hydrogens is 298 g/mol. The van der Waals surface area contributed by atoms with E-state index in [0.717, 1.165) is 30.1 Å². The molecule has 0 aliphatic carbocycles. The lowest BCUT2D eigenvalue weighted by atomic mass is 10.0. The van der Waals surface area contributed by atoms with Crippen LogP contribution in [0.3, 0.4) is 0 Å². The molecule has 0 bridgehead atoms. The molecule has 0 aromatic heterocycles. The van der Waals surface area contributed by atoms with Gasteiger partial charge in [0.15, 0.2) is 11.5 Å². The van der Waals surface area contributed by atoms with Gasteiger partial charge in [0.2, 0.25) is 0 Å². The Hall–Kier alpha value is -1.71. The van der Waals surface area contributed by atoms with E-state index in [0.29, 0.717) is 11.8 Å². The third-order valence-electron chi connectivity index (χ3n) is 4.25. The molecule has 0 radical (unpaired) electrons. The fraction of sp³-hybridized carbons (Fsp3) is 0.333. The Balaban J connectivity index is 1.77. The lowest BCUT2D eigenvalue weighted by molar-refractivity contribution is 0.248. The van der Waals surface area contributed by atoms with Gasteiger partial charge in [0.1, 0.15) is 0 Å². The molecule has 2 aromatic carbocycles. The number of halogens is 1. The molecule has 1 heterocycles. The van der Waals surface area contributed by atoms with Gasteiger partial charge in [0.25, 0.3) is 0 Å². The number of methoxy groups -OCH3 is 1. The zero-order valence-electron chi connectivity index (χ0n) is 12.6. The maximum atomic E-state index is 9.70.